The fourth-order valence-corrected chi connectivity index (χ4v) is 3.52. The molecular formula is C26H36N2O11. The summed E-state index contributed by atoms with van der Waals surface area (Å²) >= 11 is 0. The standard InChI is InChI=1S/C26H36N2O11/c1-20(2)24(29)37-17-15-35-13-11-34-12-14-36-16-18-38-25(30)21-7-9-27(10-8-21)26(31)39-19-22-5-3-4-6-23(22)28(32)33/h3-6,21H,1,7-19H2,2H3. The van der Waals surface area contributed by atoms with E-state index in [0.29, 0.717) is 63.5 Å². The van der Waals surface area contributed by atoms with E-state index in [1.54, 1.807) is 19.1 Å². The van der Waals surface area contributed by atoms with Crippen LogP contribution < -0.4 is 0 Å². The summed E-state index contributed by atoms with van der Waals surface area (Å²) in [5, 5.41) is 11.1. The predicted octanol–water partition coefficient (Wildman–Crippen LogP) is 2.66. The van der Waals surface area contributed by atoms with Crippen LogP contribution in [0.5, 0.6) is 0 Å². The molecule has 1 aromatic carbocycles. The number of ether oxygens (including phenoxy) is 6. The molecule has 13 nitrogen and oxygen atoms in total. The lowest BCUT2D eigenvalue weighted by Crippen LogP contribution is -2.41. The second-order valence-electron chi connectivity index (χ2n) is 8.62. The molecule has 1 aromatic rings. The van der Waals surface area contributed by atoms with Crippen molar-refractivity contribution < 1.29 is 47.7 Å². The van der Waals surface area contributed by atoms with E-state index in [-0.39, 0.29) is 50.6 Å². The van der Waals surface area contributed by atoms with Crippen LogP contribution in [0.3, 0.4) is 0 Å². The number of likely N-dealkylation sites (tertiary alicyclic amines) is 1. The molecule has 1 saturated heterocycles. The van der Waals surface area contributed by atoms with Gasteiger partial charge >= 0.3 is 18.0 Å². The number of carbonyl (C=O) groups excluding carboxylic acids is 3. The highest BCUT2D eigenvalue weighted by molar-refractivity contribution is 5.86. The van der Waals surface area contributed by atoms with Crippen LogP contribution in [0.25, 0.3) is 0 Å². The minimum atomic E-state index is -0.578. The SMILES string of the molecule is C=C(C)C(=O)OCCOCCOCCOCCOC(=O)C1CCN(C(=O)OCc2ccccc2[N+](=O)[O-])CC1. The third-order valence-corrected chi connectivity index (χ3v) is 5.65. The molecule has 0 unspecified atom stereocenters. The second-order valence-corrected chi connectivity index (χ2v) is 8.62. The highest BCUT2D eigenvalue weighted by atomic mass is 16.6. The van der Waals surface area contributed by atoms with Gasteiger partial charge in [-0.3, -0.25) is 14.9 Å². The topological polar surface area (TPSA) is 153 Å². The molecule has 1 aliphatic rings. The van der Waals surface area contributed by atoms with Crippen molar-refractivity contribution in [3.05, 3.63) is 52.1 Å². The van der Waals surface area contributed by atoms with Gasteiger partial charge in [-0.1, -0.05) is 18.7 Å². The minimum Gasteiger partial charge on any atom is -0.463 e. The summed E-state index contributed by atoms with van der Waals surface area (Å²) in [6, 6.07) is 6.08. The van der Waals surface area contributed by atoms with Crippen molar-refractivity contribution >= 4 is 23.7 Å². The molecular weight excluding hydrogens is 516 g/mol. The number of hydrogen-bond acceptors (Lipinski definition) is 11. The molecule has 1 heterocycles. The van der Waals surface area contributed by atoms with E-state index in [4.69, 9.17) is 28.4 Å². The smallest absolute Gasteiger partial charge is 0.410 e. The first-order chi connectivity index (χ1) is 18.8. The first-order valence-electron chi connectivity index (χ1n) is 12.7. The van der Waals surface area contributed by atoms with Crippen LogP contribution in [0, 0.1) is 16.0 Å². The Morgan fingerprint density at radius 1 is 0.897 bits per heavy atom. The number of para-hydroxylation sites is 1. The molecule has 1 amide bonds. The van der Waals surface area contributed by atoms with Crippen molar-refractivity contribution in [1.82, 2.24) is 4.90 Å². The van der Waals surface area contributed by atoms with E-state index in [0.717, 1.165) is 0 Å². The Morgan fingerprint density at radius 2 is 1.44 bits per heavy atom. The summed E-state index contributed by atoms with van der Waals surface area (Å²) in [4.78, 5) is 47.8. The molecule has 0 bridgehead atoms. The molecule has 0 spiro atoms. The Labute approximate surface area is 227 Å². The van der Waals surface area contributed by atoms with Gasteiger partial charge in [0.2, 0.25) is 0 Å². The van der Waals surface area contributed by atoms with Crippen LogP contribution in [0.15, 0.2) is 36.4 Å². The molecule has 13 heteroatoms. The van der Waals surface area contributed by atoms with Gasteiger partial charge in [0.1, 0.15) is 19.8 Å². The third kappa shape index (κ3) is 12.2. The Morgan fingerprint density at radius 3 is 2.00 bits per heavy atom. The fourth-order valence-electron chi connectivity index (χ4n) is 3.52. The maximum atomic E-state index is 12.3. The molecule has 0 aliphatic carbocycles. The van der Waals surface area contributed by atoms with Crippen molar-refractivity contribution in [3.63, 3.8) is 0 Å². The number of hydrogen-bond donors (Lipinski definition) is 0. The van der Waals surface area contributed by atoms with E-state index >= 15 is 0 Å². The van der Waals surface area contributed by atoms with E-state index in [9.17, 15) is 24.5 Å². The van der Waals surface area contributed by atoms with Gasteiger partial charge in [0, 0.05) is 24.7 Å². The van der Waals surface area contributed by atoms with Gasteiger partial charge in [0.15, 0.2) is 0 Å². The number of benzene rings is 1. The van der Waals surface area contributed by atoms with Crippen LogP contribution >= 0.6 is 0 Å². The number of rotatable bonds is 17. The Hall–Kier alpha value is -3.55. The summed E-state index contributed by atoms with van der Waals surface area (Å²) in [7, 11) is 0. The predicted molar refractivity (Wildman–Crippen MR) is 137 cm³/mol. The Kier molecular flexibility index (Phi) is 14.5. The number of carbonyl (C=O) groups is 3. The lowest BCUT2D eigenvalue weighted by Gasteiger charge is -2.30. The number of amides is 1. The van der Waals surface area contributed by atoms with E-state index in [2.05, 4.69) is 6.58 Å². The molecule has 0 radical (unpaired) electrons. The average Bonchev–Trinajstić information content (AvgIpc) is 2.94. The van der Waals surface area contributed by atoms with E-state index < -0.39 is 17.0 Å². The zero-order valence-corrected chi connectivity index (χ0v) is 22.2. The van der Waals surface area contributed by atoms with Crippen LogP contribution in [0.2, 0.25) is 0 Å². The maximum Gasteiger partial charge on any atom is 0.410 e. The van der Waals surface area contributed by atoms with Crippen LogP contribution in [0.1, 0.15) is 25.3 Å². The van der Waals surface area contributed by atoms with Gasteiger partial charge < -0.3 is 33.3 Å². The highest BCUT2D eigenvalue weighted by Crippen LogP contribution is 2.21. The Bertz CT molecular complexity index is 961. The molecule has 1 fully saturated rings. The lowest BCUT2D eigenvalue weighted by atomic mass is 9.97. The minimum absolute atomic E-state index is 0.106. The van der Waals surface area contributed by atoms with Crippen molar-refractivity contribution in [2.75, 3.05) is 65.9 Å². The zero-order valence-electron chi connectivity index (χ0n) is 22.2. The molecule has 2 rings (SSSR count). The van der Waals surface area contributed by atoms with Gasteiger partial charge in [0.25, 0.3) is 5.69 Å². The number of nitrogens with zero attached hydrogens (tertiary/aromatic N) is 2. The maximum absolute atomic E-state index is 12.3. The normalized spacial score (nSPS) is 13.5. The van der Waals surface area contributed by atoms with Crippen LogP contribution in [-0.4, -0.2) is 93.8 Å². The van der Waals surface area contributed by atoms with Crippen molar-refractivity contribution in [1.29, 1.82) is 0 Å². The van der Waals surface area contributed by atoms with Crippen LogP contribution in [-0.2, 0) is 44.6 Å². The monoisotopic (exact) mass is 552 g/mol. The molecule has 1 aliphatic heterocycles. The molecule has 39 heavy (non-hydrogen) atoms. The largest absolute Gasteiger partial charge is 0.463 e. The summed E-state index contributed by atoms with van der Waals surface area (Å²) in [5.74, 6) is -1.11. The van der Waals surface area contributed by atoms with Gasteiger partial charge in [-0.15, -0.1) is 0 Å². The van der Waals surface area contributed by atoms with Gasteiger partial charge in [-0.2, -0.15) is 0 Å². The summed E-state index contributed by atoms with van der Waals surface area (Å²) in [6.45, 7) is 7.69. The number of piperidine rings is 1. The number of esters is 2. The van der Waals surface area contributed by atoms with E-state index in [1.165, 1.54) is 17.0 Å². The van der Waals surface area contributed by atoms with Crippen molar-refractivity contribution in [2.45, 2.75) is 26.4 Å². The first-order valence-corrected chi connectivity index (χ1v) is 12.7. The zero-order chi connectivity index (χ0) is 28.5. The van der Waals surface area contributed by atoms with Gasteiger partial charge in [-0.25, -0.2) is 9.59 Å². The molecule has 0 N–H and O–H groups in total. The van der Waals surface area contributed by atoms with Crippen molar-refractivity contribution in [3.8, 4) is 0 Å². The number of nitro benzene ring substituents is 1. The summed E-state index contributed by atoms with van der Waals surface area (Å²) in [5.41, 5.74) is 0.546. The summed E-state index contributed by atoms with van der Waals surface area (Å²) < 4.78 is 31.4. The quantitative estimate of drug-likeness (QED) is 0.0700. The first kappa shape index (κ1) is 31.7. The Balaban J connectivity index is 1.46. The van der Waals surface area contributed by atoms with Crippen LogP contribution in [0.4, 0.5) is 10.5 Å². The van der Waals surface area contributed by atoms with Gasteiger partial charge in [0.05, 0.1) is 56.0 Å². The molecule has 216 valence electrons. The second kappa shape index (κ2) is 17.9. The van der Waals surface area contributed by atoms with E-state index in [1.807, 2.05) is 0 Å². The summed E-state index contributed by atoms with van der Waals surface area (Å²) in [6.07, 6.45) is 0.296. The third-order valence-electron chi connectivity index (χ3n) is 5.65. The molecule has 0 saturated carbocycles. The van der Waals surface area contributed by atoms with Crippen molar-refractivity contribution in [2.24, 2.45) is 5.92 Å². The van der Waals surface area contributed by atoms with Gasteiger partial charge in [-0.05, 0) is 25.8 Å². The number of nitro groups is 1. The molecule has 0 aromatic heterocycles. The average molecular weight is 553 g/mol. The molecule has 0 atom stereocenters. The lowest BCUT2D eigenvalue weighted by molar-refractivity contribution is -0.385. The highest BCUT2D eigenvalue weighted by Gasteiger charge is 2.29. The fraction of sp³-hybridized carbons (Fsp3) is 0.577.